The number of hydrogen-bond donors (Lipinski definition) is 0. The zero-order chi connectivity index (χ0) is 14.4. The summed E-state index contributed by atoms with van der Waals surface area (Å²) in [5, 5.41) is 4.52. The lowest BCUT2D eigenvalue weighted by atomic mass is 9.69. The molecule has 106 valence electrons. The molecule has 2 nitrogen and oxygen atoms in total. The third kappa shape index (κ3) is 1.87. The number of aliphatic imine (C=N–C) groups is 1. The van der Waals surface area contributed by atoms with Gasteiger partial charge in [0.15, 0.2) is 0 Å². The lowest BCUT2D eigenvalue weighted by molar-refractivity contribution is -0.841. The molecule has 1 unspecified atom stereocenters. The molecule has 1 atom stereocenters. The molecule has 1 aliphatic heterocycles. The van der Waals surface area contributed by atoms with Crippen molar-refractivity contribution in [1.29, 1.82) is 0 Å². The Hall–Kier alpha value is -0.480. The van der Waals surface area contributed by atoms with Crippen LogP contribution in [-0.4, -0.2) is 23.7 Å². The summed E-state index contributed by atoms with van der Waals surface area (Å²) < 4.78 is 0.742. The van der Waals surface area contributed by atoms with Crippen LogP contribution in [0.3, 0.4) is 0 Å². The van der Waals surface area contributed by atoms with Gasteiger partial charge < -0.3 is 0 Å². The van der Waals surface area contributed by atoms with Gasteiger partial charge in [0.05, 0.1) is 17.1 Å². The number of halogens is 2. The van der Waals surface area contributed by atoms with E-state index in [-0.39, 0.29) is 5.54 Å². The Morgan fingerprint density at radius 3 is 2.55 bits per heavy atom. The number of rotatable bonds is 2. The fraction of sp³-hybridized carbons (Fsp3) is 0.400. The van der Waals surface area contributed by atoms with Crippen molar-refractivity contribution in [2.45, 2.75) is 24.8 Å². The maximum Gasteiger partial charge on any atom is 0.268 e. The van der Waals surface area contributed by atoms with E-state index in [2.05, 4.69) is 29.7 Å². The molecule has 0 aromatic heterocycles. The standard InChI is InChI=1S/C15H17Cl2N2S/c1-18-14-19(2,8-9-20-14)15(6-3-7-15)11-4-5-12(16)13(17)10-11/h4-5,8-10H,3,6-7H2,1-2H3/q+1. The predicted octanol–water partition coefficient (Wildman–Crippen LogP) is 5.02. The van der Waals surface area contributed by atoms with Gasteiger partial charge in [-0.3, -0.25) is 0 Å². The van der Waals surface area contributed by atoms with E-state index < -0.39 is 0 Å². The van der Waals surface area contributed by atoms with E-state index in [0.29, 0.717) is 10.0 Å². The summed E-state index contributed by atoms with van der Waals surface area (Å²) in [7, 11) is 4.10. The third-order valence-electron chi connectivity index (χ3n) is 4.65. The fourth-order valence-electron chi connectivity index (χ4n) is 3.29. The predicted molar refractivity (Wildman–Crippen MR) is 88.3 cm³/mol. The number of nitrogens with zero attached hydrogens (tertiary/aromatic N) is 2. The molecule has 1 saturated carbocycles. The van der Waals surface area contributed by atoms with Gasteiger partial charge in [0.25, 0.3) is 5.17 Å². The van der Waals surface area contributed by atoms with Crippen LogP contribution in [0.5, 0.6) is 0 Å². The van der Waals surface area contributed by atoms with E-state index in [4.69, 9.17) is 23.2 Å². The Morgan fingerprint density at radius 1 is 1.25 bits per heavy atom. The third-order valence-corrected chi connectivity index (χ3v) is 6.42. The number of amidine groups is 1. The summed E-state index contributed by atoms with van der Waals surface area (Å²) in [4.78, 5) is 4.48. The van der Waals surface area contributed by atoms with E-state index in [9.17, 15) is 0 Å². The highest BCUT2D eigenvalue weighted by Gasteiger charge is 2.57. The molecule has 0 spiro atoms. The van der Waals surface area contributed by atoms with Gasteiger partial charge in [0, 0.05) is 30.9 Å². The minimum atomic E-state index is 0.0447. The largest absolute Gasteiger partial charge is 0.268 e. The SMILES string of the molecule is CN=C1SC=C[N+]1(C)C1(c2ccc(Cl)c(Cl)c2)CCC1. The average molecular weight is 328 g/mol. The Kier molecular flexibility index (Phi) is 3.66. The van der Waals surface area contributed by atoms with Crippen LogP contribution >= 0.6 is 35.0 Å². The van der Waals surface area contributed by atoms with Crippen LogP contribution in [0, 0.1) is 0 Å². The molecule has 5 heteroatoms. The lowest BCUT2D eigenvalue weighted by Crippen LogP contribution is -2.61. The summed E-state index contributed by atoms with van der Waals surface area (Å²) in [6.45, 7) is 0. The molecular weight excluding hydrogens is 311 g/mol. The normalized spacial score (nSPS) is 29.7. The molecule has 1 fully saturated rings. The Bertz CT molecular complexity index is 608. The molecule has 0 radical (unpaired) electrons. The van der Waals surface area contributed by atoms with Crippen LogP contribution in [0.1, 0.15) is 24.8 Å². The molecule has 2 aliphatic rings. The second-order valence-corrected chi connectivity index (χ2v) is 7.19. The van der Waals surface area contributed by atoms with Crippen LogP contribution < -0.4 is 0 Å². The molecule has 1 aliphatic carbocycles. The summed E-state index contributed by atoms with van der Waals surface area (Å²) in [5.41, 5.74) is 1.30. The molecule has 0 bridgehead atoms. The smallest absolute Gasteiger partial charge is 0.236 e. The molecule has 3 rings (SSSR count). The molecule has 0 amide bonds. The van der Waals surface area contributed by atoms with E-state index in [1.54, 1.807) is 11.8 Å². The van der Waals surface area contributed by atoms with Gasteiger partial charge in [0.1, 0.15) is 11.7 Å². The summed E-state index contributed by atoms with van der Waals surface area (Å²) >= 11 is 14.0. The molecule has 20 heavy (non-hydrogen) atoms. The van der Waals surface area contributed by atoms with Gasteiger partial charge in [-0.2, -0.15) is 0 Å². The van der Waals surface area contributed by atoms with Gasteiger partial charge in [0.2, 0.25) is 0 Å². The summed E-state index contributed by atoms with van der Waals surface area (Å²) in [6.07, 6.45) is 5.77. The van der Waals surface area contributed by atoms with Crippen LogP contribution in [0.25, 0.3) is 0 Å². The first-order valence-corrected chi connectivity index (χ1v) is 8.31. The lowest BCUT2D eigenvalue weighted by Gasteiger charge is -2.52. The second kappa shape index (κ2) is 5.06. The van der Waals surface area contributed by atoms with Crippen LogP contribution in [0.2, 0.25) is 10.0 Å². The van der Waals surface area contributed by atoms with E-state index >= 15 is 0 Å². The number of hydrogen-bond acceptors (Lipinski definition) is 2. The van der Waals surface area contributed by atoms with Crippen molar-refractivity contribution in [3.05, 3.63) is 45.4 Å². The van der Waals surface area contributed by atoms with Gasteiger partial charge in [-0.25, -0.2) is 9.48 Å². The number of thioether (sulfide) groups is 1. The molecule has 0 saturated heterocycles. The first-order valence-electron chi connectivity index (χ1n) is 6.67. The molecule has 1 aromatic rings. The van der Waals surface area contributed by atoms with Crippen molar-refractivity contribution < 1.29 is 4.48 Å². The molecule has 0 N–H and O–H groups in total. The van der Waals surface area contributed by atoms with Crippen molar-refractivity contribution in [3.63, 3.8) is 0 Å². The van der Waals surface area contributed by atoms with E-state index in [1.807, 2.05) is 19.2 Å². The maximum absolute atomic E-state index is 6.23. The summed E-state index contributed by atoms with van der Waals surface area (Å²) in [6, 6.07) is 6.04. The monoisotopic (exact) mass is 327 g/mol. The molecular formula is C15H17Cl2N2S+. The van der Waals surface area contributed by atoms with Crippen molar-refractivity contribution in [3.8, 4) is 0 Å². The number of quaternary nitrogens is 1. The minimum Gasteiger partial charge on any atom is -0.236 e. The van der Waals surface area contributed by atoms with Crippen molar-refractivity contribution in [1.82, 2.24) is 0 Å². The van der Waals surface area contributed by atoms with E-state index in [1.165, 1.54) is 12.0 Å². The Morgan fingerprint density at radius 2 is 2.00 bits per heavy atom. The van der Waals surface area contributed by atoms with Gasteiger partial charge in [-0.1, -0.05) is 29.3 Å². The average Bonchev–Trinajstić information content (AvgIpc) is 2.74. The quantitative estimate of drug-likeness (QED) is 0.694. The fourth-order valence-corrected chi connectivity index (χ4v) is 4.58. The van der Waals surface area contributed by atoms with Gasteiger partial charge in [-0.15, -0.1) is 0 Å². The second-order valence-electron chi connectivity index (χ2n) is 5.50. The Balaban J connectivity index is 2.12. The highest BCUT2D eigenvalue weighted by Crippen LogP contribution is 2.54. The van der Waals surface area contributed by atoms with Crippen LogP contribution in [0.15, 0.2) is 34.8 Å². The number of benzene rings is 1. The maximum atomic E-state index is 6.23. The minimum absolute atomic E-state index is 0.0447. The van der Waals surface area contributed by atoms with Crippen LogP contribution in [0.4, 0.5) is 0 Å². The highest BCUT2D eigenvalue weighted by molar-refractivity contribution is 8.16. The molecule has 1 aromatic carbocycles. The topological polar surface area (TPSA) is 12.4 Å². The van der Waals surface area contributed by atoms with Crippen molar-refractivity contribution in [2.24, 2.45) is 4.99 Å². The van der Waals surface area contributed by atoms with Gasteiger partial charge in [-0.05, 0) is 30.3 Å². The molecule has 1 heterocycles. The van der Waals surface area contributed by atoms with E-state index in [0.717, 1.165) is 22.5 Å². The van der Waals surface area contributed by atoms with Crippen molar-refractivity contribution >= 4 is 40.1 Å². The zero-order valence-corrected chi connectivity index (χ0v) is 13.9. The first-order chi connectivity index (χ1) is 9.53. The summed E-state index contributed by atoms with van der Waals surface area (Å²) in [5.74, 6) is 0. The van der Waals surface area contributed by atoms with Gasteiger partial charge >= 0.3 is 0 Å². The first kappa shape index (κ1) is 14.5. The van der Waals surface area contributed by atoms with Crippen molar-refractivity contribution in [2.75, 3.05) is 14.1 Å². The highest BCUT2D eigenvalue weighted by atomic mass is 35.5. The Labute approximate surface area is 134 Å². The zero-order valence-electron chi connectivity index (χ0n) is 11.6. The van der Waals surface area contributed by atoms with Crippen LogP contribution in [-0.2, 0) is 5.54 Å².